The van der Waals surface area contributed by atoms with Gasteiger partial charge >= 0.3 is 0 Å². The fraction of sp³-hybridized carbons (Fsp3) is 0.750. The Bertz CT molecular complexity index is 340. The number of anilines is 1. The van der Waals surface area contributed by atoms with Crippen LogP contribution in [0.1, 0.15) is 45.0 Å². The molecule has 96 valence electrons. The minimum atomic E-state index is 0.152. The van der Waals surface area contributed by atoms with Crippen molar-refractivity contribution in [2.45, 2.75) is 52.5 Å². The van der Waals surface area contributed by atoms with Gasteiger partial charge in [0, 0.05) is 12.6 Å². The summed E-state index contributed by atoms with van der Waals surface area (Å²) in [5.41, 5.74) is 7.92. The lowest BCUT2D eigenvalue weighted by molar-refractivity contribution is 0.623. The summed E-state index contributed by atoms with van der Waals surface area (Å²) in [6.45, 7) is 6.97. The van der Waals surface area contributed by atoms with Crippen LogP contribution in [0.25, 0.3) is 0 Å². The van der Waals surface area contributed by atoms with Crippen LogP contribution in [0.2, 0.25) is 0 Å². The number of nitrogens with zero attached hydrogens (tertiary/aromatic N) is 3. The molecule has 0 bridgehead atoms. The van der Waals surface area contributed by atoms with Crippen molar-refractivity contribution in [3.63, 3.8) is 0 Å². The van der Waals surface area contributed by atoms with Gasteiger partial charge in [0.1, 0.15) is 0 Å². The Balaban J connectivity index is 2.60. The van der Waals surface area contributed by atoms with Crippen LogP contribution in [0.15, 0.2) is 0 Å². The maximum absolute atomic E-state index is 5.92. The van der Waals surface area contributed by atoms with E-state index in [1.165, 1.54) is 0 Å². The zero-order valence-electron chi connectivity index (χ0n) is 11.0. The molecule has 0 aliphatic rings. The second-order valence-corrected chi connectivity index (χ2v) is 4.17. The standard InChI is InChI=1S/C12H23N5/c1-4-7-9(13)8-14-12-15-10(5-2)11(6-3)16-17-12/h9H,4-8,13H2,1-3H3,(H,14,15,17). The van der Waals surface area contributed by atoms with Gasteiger partial charge < -0.3 is 11.1 Å². The van der Waals surface area contributed by atoms with Crippen molar-refractivity contribution in [1.82, 2.24) is 15.2 Å². The van der Waals surface area contributed by atoms with E-state index < -0.39 is 0 Å². The second-order valence-electron chi connectivity index (χ2n) is 4.17. The molecular weight excluding hydrogens is 214 g/mol. The third-order valence-corrected chi connectivity index (χ3v) is 2.69. The molecule has 1 aromatic rings. The molecule has 0 radical (unpaired) electrons. The van der Waals surface area contributed by atoms with Crippen molar-refractivity contribution in [3.8, 4) is 0 Å². The Kier molecular flexibility index (Phi) is 5.83. The Morgan fingerprint density at radius 3 is 2.41 bits per heavy atom. The molecule has 5 nitrogen and oxygen atoms in total. The Morgan fingerprint density at radius 1 is 1.12 bits per heavy atom. The van der Waals surface area contributed by atoms with Gasteiger partial charge in [0.25, 0.3) is 0 Å². The van der Waals surface area contributed by atoms with Crippen LogP contribution in [-0.4, -0.2) is 27.8 Å². The Morgan fingerprint density at radius 2 is 1.82 bits per heavy atom. The summed E-state index contributed by atoms with van der Waals surface area (Å²) in [5, 5.41) is 11.4. The highest BCUT2D eigenvalue weighted by Gasteiger charge is 2.07. The average molecular weight is 237 g/mol. The minimum absolute atomic E-state index is 0.152. The molecule has 1 rings (SSSR count). The molecule has 0 saturated carbocycles. The van der Waals surface area contributed by atoms with Crippen molar-refractivity contribution in [2.75, 3.05) is 11.9 Å². The molecule has 1 unspecified atom stereocenters. The SMILES string of the molecule is CCCC(N)CNc1nnc(CC)c(CC)n1. The number of nitrogens with two attached hydrogens (primary N) is 1. The molecule has 0 aliphatic carbocycles. The molecule has 1 atom stereocenters. The fourth-order valence-electron chi connectivity index (χ4n) is 1.71. The van der Waals surface area contributed by atoms with Gasteiger partial charge in [0.2, 0.25) is 5.95 Å². The second kappa shape index (κ2) is 7.17. The lowest BCUT2D eigenvalue weighted by Gasteiger charge is -2.12. The summed E-state index contributed by atoms with van der Waals surface area (Å²) in [6, 6.07) is 0.152. The van der Waals surface area contributed by atoms with E-state index in [0.717, 1.165) is 37.1 Å². The summed E-state index contributed by atoms with van der Waals surface area (Å²) in [6.07, 6.45) is 3.86. The van der Waals surface area contributed by atoms with Crippen LogP contribution < -0.4 is 11.1 Å². The first-order chi connectivity index (χ1) is 8.21. The van der Waals surface area contributed by atoms with E-state index in [9.17, 15) is 0 Å². The first kappa shape index (κ1) is 13.8. The maximum Gasteiger partial charge on any atom is 0.243 e. The van der Waals surface area contributed by atoms with Gasteiger partial charge in [-0.05, 0) is 19.3 Å². The monoisotopic (exact) mass is 237 g/mol. The van der Waals surface area contributed by atoms with Crippen LogP contribution in [0.3, 0.4) is 0 Å². The molecule has 0 amide bonds. The van der Waals surface area contributed by atoms with Gasteiger partial charge in [-0.25, -0.2) is 4.98 Å². The molecule has 1 heterocycles. The number of nitrogens with one attached hydrogen (secondary N) is 1. The van der Waals surface area contributed by atoms with Gasteiger partial charge in [-0.3, -0.25) is 0 Å². The molecule has 17 heavy (non-hydrogen) atoms. The van der Waals surface area contributed by atoms with E-state index in [1.807, 2.05) is 0 Å². The van der Waals surface area contributed by atoms with Gasteiger partial charge in [-0.1, -0.05) is 27.2 Å². The third kappa shape index (κ3) is 4.26. The molecule has 3 N–H and O–H groups in total. The predicted octanol–water partition coefficient (Wildman–Crippen LogP) is 1.54. The van der Waals surface area contributed by atoms with Crippen molar-refractivity contribution in [3.05, 3.63) is 11.4 Å². The van der Waals surface area contributed by atoms with Crippen molar-refractivity contribution >= 4 is 5.95 Å². The molecular formula is C12H23N5. The molecule has 0 aromatic carbocycles. The maximum atomic E-state index is 5.92. The number of aromatic nitrogens is 3. The topological polar surface area (TPSA) is 76.7 Å². The normalized spacial score (nSPS) is 12.5. The van der Waals surface area contributed by atoms with Gasteiger partial charge in [-0.15, -0.1) is 5.10 Å². The lowest BCUT2D eigenvalue weighted by Crippen LogP contribution is -2.29. The summed E-state index contributed by atoms with van der Waals surface area (Å²) in [7, 11) is 0. The summed E-state index contributed by atoms with van der Waals surface area (Å²) >= 11 is 0. The van der Waals surface area contributed by atoms with Crippen LogP contribution >= 0.6 is 0 Å². The number of hydrogen-bond acceptors (Lipinski definition) is 5. The van der Waals surface area contributed by atoms with E-state index in [1.54, 1.807) is 0 Å². The number of aryl methyl sites for hydroxylation is 2. The zero-order valence-corrected chi connectivity index (χ0v) is 11.0. The molecule has 0 saturated heterocycles. The Labute approximate surface area is 103 Å². The largest absolute Gasteiger partial charge is 0.351 e. The van der Waals surface area contributed by atoms with E-state index in [2.05, 4.69) is 41.3 Å². The molecule has 5 heteroatoms. The average Bonchev–Trinajstić information content (AvgIpc) is 2.36. The third-order valence-electron chi connectivity index (χ3n) is 2.69. The van der Waals surface area contributed by atoms with Crippen LogP contribution in [0, 0.1) is 0 Å². The minimum Gasteiger partial charge on any atom is -0.351 e. The van der Waals surface area contributed by atoms with E-state index in [0.29, 0.717) is 12.5 Å². The van der Waals surface area contributed by atoms with Crippen LogP contribution in [-0.2, 0) is 12.8 Å². The van der Waals surface area contributed by atoms with Crippen molar-refractivity contribution in [2.24, 2.45) is 5.73 Å². The summed E-state index contributed by atoms with van der Waals surface area (Å²) in [5.74, 6) is 0.589. The molecule has 1 aromatic heterocycles. The van der Waals surface area contributed by atoms with Crippen molar-refractivity contribution < 1.29 is 0 Å². The van der Waals surface area contributed by atoms with Crippen LogP contribution in [0.4, 0.5) is 5.95 Å². The number of hydrogen-bond donors (Lipinski definition) is 2. The first-order valence-electron chi connectivity index (χ1n) is 6.43. The number of rotatable bonds is 7. The summed E-state index contributed by atoms with van der Waals surface area (Å²) in [4.78, 5) is 4.45. The molecule has 0 spiro atoms. The smallest absolute Gasteiger partial charge is 0.243 e. The Hall–Kier alpha value is -1.23. The quantitative estimate of drug-likeness (QED) is 0.752. The zero-order chi connectivity index (χ0) is 12.7. The molecule has 0 fully saturated rings. The highest BCUT2D eigenvalue weighted by atomic mass is 15.2. The summed E-state index contributed by atoms with van der Waals surface area (Å²) < 4.78 is 0. The highest BCUT2D eigenvalue weighted by molar-refractivity contribution is 5.25. The van der Waals surface area contributed by atoms with Gasteiger partial charge in [0.05, 0.1) is 11.4 Å². The predicted molar refractivity (Wildman–Crippen MR) is 70.0 cm³/mol. The highest BCUT2D eigenvalue weighted by Crippen LogP contribution is 2.06. The van der Waals surface area contributed by atoms with E-state index in [4.69, 9.17) is 5.73 Å². The van der Waals surface area contributed by atoms with Crippen LogP contribution in [0.5, 0.6) is 0 Å². The van der Waals surface area contributed by atoms with Gasteiger partial charge in [-0.2, -0.15) is 5.10 Å². The lowest BCUT2D eigenvalue weighted by atomic mass is 10.2. The van der Waals surface area contributed by atoms with E-state index in [-0.39, 0.29) is 6.04 Å². The van der Waals surface area contributed by atoms with Gasteiger partial charge in [0.15, 0.2) is 0 Å². The fourth-order valence-corrected chi connectivity index (χ4v) is 1.71. The molecule has 0 aliphatic heterocycles. The van der Waals surface area contributed by atoms with E-state index >= 15 is 0 Å². The van der Waals surface area contributed by atoms with Crippen molar-refractivity contribution in [1.29, 1.82) is 0 Å². The first-order valence-corrected chi connectivity index (χ1v) is 6.43.